The fraction of sp³-hybridized carbons (Fsp3) is 0.562. The van der Waals surface area contributed by atoms with E-state index in [9.17, 15) is 18.3 Å². The molecule has 1 amide bonds. The largest absolute Gasteiger partial charge is 0.383 e. The fourth-order valence-corrected chi connectivity index (χ4v) is 6.23. The van der Waals surface area contributed by atoms with Crippen LogP contribution in [0, 0.1) is 6.92 Å². The molecule has 4 rings (SSSR count). The molecule has 0 bridgehead atoms. The molecule has 1 N–H and O–H groups in total. The molecule has 0 aromatic heterocycles. The zero-order chi connectivity index (χ0) is 16.4. The molecule has 0 aliphatic carbocycles. The summed E-state index contributed by atoms with van der Waals surface area (Å²) < 4.78 is 27.5. The average Bonchev–Trinajstić information content (AvgIpc) is 3.09. The SMILES string of the molecule is Cc1ccc(S(=O)(=O)N2CC[C@@]34C[C@H](O)C(=O)N3CC[C@@H]24)cc1. The molecule has 3 aliphatic rings. The number of sulfonamides is 1. The van der Waals surface area contributed by atoms with Crippen LogP contribution in [0.3, 0.4) is 0 Å². The summed E-state index contributed by atoms with van der Waals surface area (Å²) >= 11 is 0. The summed E-state index contributed by atoms with van der Waals surface area (Å²) in [7, 11) is -3.57. The second-order valence-electron chi connectivity index (χ2n) is 6.80. The van der Waals surface area contributed by atoms with Crippen LogP contribution in [-0.2, 0) is 14.8 Å². The van der Waals surface area contributed by atoms with Crippen LogP contribution in [0.25, 0.3) is 0 Å². The second-order valence-corrected chi connectivity index (χ2v) is 8.69. The predicted molar refractivity (Wildman–Crippen MR) is 83.2 cm³/mol. The maximum Gasteiger partial charge on any atom is 0.252 e. The first-order valence-corrected chi connectivity index (χ1v) is 9.38. The number of hydrogen-bond acceptors (Lipinski definition) is 4. The average molecular weight is 336 g/mol. The Balaban J connectivity index is 1.70. The Morgan fingerprint density at radius 2 is 1.91 bits per heavy atom. The van der Waals surface area contributed by atoms with Crippen molar-refractivity contribution < 1.29 is 18.3 Å². The molecule has 1 spiro atoms. The lowest BCUT2D eigenvalue weighted by atomic mass is 9.89. The van der Waals surface area contributed by atoms with E-state index in [0.717, 1.165) is 5.56 Å². The van der Waals surface area contributed by atoms with Crippen molar-refractivity contribution in [1.82, 2.24) is 9.21 Å². The van der Waals surface area contributed by atoms with Crippen molar-refractivity contribution in [2.75, 3.05) is 13.1 Å². The molecular weight excluding hydrogens is 316 g/mol. The molecule has 6 nitrogen and oxygen atoms in total. The van der Waals surface area contributed by atoms with Crippen molar-refractivity contribution >= 4 is 15.9 Å². The second kappa shape index (κ2) is 4.78. The van der Waals surface area contributed by atoms with Crippen LogP contribution in [0.15, 0.2) is 29.2 Å². The van der Waals surface area contributed by atoms with Gasteiger partial charge >= 0.3 is 0 Å². The summed E-state index contributed by atoms with van der Waals surface area (Å²) in [5.41, 5.74) is 0.507. The van der Waals surface area contributed by atoms with E-state index >= 15 is 0 Å². The molecule has 1 aromatic carbocycles. The van der Waals surface area contributed by atoms with Gasteiger partial charge in [-0.1, -0.05) is 17.7 Å². The molecule has 3 fully saturated rings. The van der Waals surface area contributed by atoms with E-state index in [0.29, 0.717) is 37.2 Å². The number of rotatable bonds is 2. The first-order valence-electron chi connectivity index (χ1n) is 7.94. The smallest absolute Gasteiger partial charge is 0.252 e. The number of amides is 1. The maximum absolute atomic E-state index is 13.0. The van der Waals surface area contributed by atoms with Gasteiger partial charge in [-0.3, -0.25) is 4.79 Å². The highest BCUT2D eigenvalue weighted by molar-refractivity contribution is 7.89. The number of hydrogen-bond donors (Lipinski definition) is 1. The number of aryl methyl sites for hydroxylation is 1. The van der Waals surface area contributed by atoms with Gasteiger partial charge in [0.1, 0.15) is 6.10 Å². The molecule has 3 aliphatic heterocycles. The third-order valence-electron chi connectivity index (χ3n) is 5.62. The van der Waals surface area contributed by atoms with Crippen LogP contribution in [0.1, 0.15) is 24.8 Å². The van der Waals surface area contributed by atoms with Crippen molar-refractivity contribution in [3.63, 3.8) is 0 Å². The lowest BCUT2D eigenvalue weighted by Gasteiger charge is -2.32. The number of carbonyl (C=O) groups is 1. The van der Waals surface area contributed by atoms with Gasteiger partial charge in [-0.2, -0.15) is 4.31 Å². The third-order valence-corrected chi connectivity index (χ3v) is 7.54. The van der Waals surface area contributed by atoms with Gasteiger partial charge in [-0.05, 0) is 31.9 Å². The molecule has 0 radical (unpaired) electrons. The van der Waals surface area contributed by atoms with Crippen molar-refractivity contribution in [3.05, 3.63) is 29.8 Å². The zero-order valence-corrected chi connectivity index (χ0v) is 13.8. The van der Waals surface area contributed by atoms with E-state index in [4.69, 9.17) is 0 Å². The first-order chi connectivity index (χ1) is 10.9. The number of nitrogens with zero attached hydrogens (tertiary/aromatic N) is 2. The molecule has 124 valence electrons. The number of aliphatic hydroxyl groups excluding tert-OH is 1. The van der Waals surface area contributed by atoms with Crippen molar-refractivity contribution in [2.45, 2.75) is 48.8 Å². The summed E-state index contributed by atoms with van der Waals surface area (Å²) in [6, 6.07) is 6.63. The van der Waals surface area contributed by atoms with Crippen molar-refractivity contribution in [2.24, 2.45) is 0 Å². The van der Waals surface area contributed by atoms with Gasteiger partial charge in [0, 0.05) is 19.5 Å². The van der Waals surface area contributed by atoms with E-state index in [2.05, 4.69) is 0 Å². The molecular formula is C16H20N2O4S. The Labute approximate surface area is 135 Å². The van der Waals surface area contributed by atoms with E-state index in [1.165, 1.54) is 0 Å². The predicted octanol–water partition coefficient (Wildman–Crippen LogP) is 0.494. The van der Waals surface area contributed by atoms with Crippen LogP contribution in [-0.4, -0.2) is 59.4 Å². The topological polar surface area (TPSA) is 77.9 Å². The van der Waals surface area contributed by atoms with E-state index in [1.807, 2.05) is 6.92 Å². The van der Waals surface area contributed by atoms with Crippen LogP contribution in [0.4, 0.5) is 0 Å². The minimum absolute atomic E-state index is 0.227. The van der Waals surface area contributed by atoms with Gasteiger partial charge in [0.2, 0.25) is 10.0 Å². The molecule has 0 unspecified atom stereocenters. The summed E-state index contributed by atoms with van der Waals surface area (Å²) in [6.45, 7) is 2.85. The normalized spacial score (nSPS) is 34.0. The molecule has 3 heterocycles. The van der Waals surface area contributed by atoms with E-state index in [-0.39, 0.29) is 11.9 Å². The van der Waals surface area contributed by atoms with Gasteiger partial charge < -0.3 is 10.0 Å². The standard InChI is InChI=1S/C16H20N2O4S/c1-11-2-4-12(5-3-11)23(21,22)18-9-7-16-10-13(19)15(20)17(16)8-6-14(16)18/h2-5,13-14,19H,6-10H2,1H3/t13-,14+,16-/m0/s1. The third kappa shape index (κ3) is 1.93. The Morgan fingerprint density at radius 1 is 1.22 bits per heavy atom. The fourth-order valence-electron chi connectivity index (χ4n) is 4.51. The Kier molecular flexibility index (Phi) is 3.14. The van der Waals surface area contributed by atoms with E-state index in [1.54, 1.807) is 33.5 Å². The van der Waals surface area contributed by atoms with Gasteiger partial charge in [0.15, 0.2) is 0 Å². The van der Waals surface area contributed by atoms with Crippen molar-refractivity contribution in [3.8, 4) is 0 Å². The first kappa shape index (κ1) is 15.1. The highest BCUT2D eigenvalue weighted by atomic mass is 32.2. The lowest BCUT2D eigenvalue weighted by Crippen LogP contribution is -2.48. The number of carbonyl (C=O) groups excluding carboxylic acids is 1. The molecule has 3 atom stereocenters. The Hall–Kier alpha value is -1.44. The minimum Gasteiger partial charge on any atom is -0.383 e. The number of aliphatic hydroxyl groups is 1. The van der Waals surface area contributed by atoms with Crippen molar-refractivity contribution in [1.29, 1.82) is 0 Å². The quantitative estimate of drug-likeness (QED) is 0.853. The van der Waals surface area contributed by atoms with Gasteiger partial charge in [-0.15, -0.1) is 0 Å². The molecule has 3 saturated heterocycles. The lowest BCUT2D eigenvalue weighted by molar-refractivity contribution is -0.135. The molecule has 1 aromatic rings. The highest BCUT2D eigenvalue weighted by Crippen LogP contribution is 2.49. The van der Waals surface area contributed by atoms with Gasteiger partial charge in [0.05, 0.1) is 16.5 Å². The van der Waals surface area contributed by atoms with Crippen LogP contribution >= 0.6 is 0 Å². The number of benzene rings is 1. The van der Waals surface area contributed by atoms with Gasteiger partial charge in [0.25, 0.3) is 5.91 Å². The van der Waals surface area contributed by atoms with E-state index < -0.39 is 21.7 Å². The molecule has 0 saturated carbocycles. The van der Waals surface area contributed by atoms with Crippen LogP contribution < -0.4 is 0 Å². The highest BCUT2D eigenvalue weighted by Gasteiger charge is 2.64. The molecule has 7 heteroatoms. The van der Waals surface area contributed by atoms with Crippen LogP contribution in [0.5, 0.6) is 0 Å². The van der Waals surface area contributed by atoms with Crippen LogP contribution in [0.2, 0.25) is 0 Å². The summed E-state index contributed by atoms with van der Waals surface area (Å²) in [6.07, 6.45) is 0.603. The van der Waals surface area contributed by atoms with Gasteiger partial charge in [-0.25, -0.2) is 8.42 Å². The minimum atomic E-state index is -3.57. The summed E-state index contributed by atoms with van der Waals surface area (Å²) in [5.74, 6) is -0.248. The summed E-state index contributed by atoms with van der Waals surface area (Å²) in [5, 5.41) is 9.92. The maximum atomic E-state index is 13.0. The molecule has 23 heavy (non-hydrogen) atoms. The zero-order valence-electron chi connectivity index (χ0n) is 13.0. The monoisotopic (exact) mass is 336 g/mol. The summed E-state index contributed by atoms with van der Waals surface area (Å²) in [4.78, 5) is 14.1. The Morgan fingerprint density at radius 3 is 2.61 bits per heavy atom. The Bertz CT molecular complexity index is 761.